The van der Waals surface area contributed by atoms with E-state index in [9.17, 15) is 4.79 Å². The van der Waals surface area contributed by atoms with Gasteiger partial charge >= 0.3 is 0 Å². The summed E-state index contributed by atoms with van der Waals surface area (Å²) in [5.41, 5.74) is 0. The number of piperazine rings is 1. The molecule has 0 aromatic carbocycles. The summed E-state index contributed by atoms with van der Waals surface area (Å²) in [6.07, 6.45) is 8.74. The zero-order valence-corrected chi connectivity index (χ0v) is 12.3. The van der Waals surface area contributed by atoms with Crippen LogP contribution in [0.4, 0.5) is 0 Å². The van der Waals surface area contributed by atoms with E-state index in [1.165, 1.54) is 32.1 Å². The average molecular weight is 267 g/mol. The second-order valence-electron chi connectivity index (χ2n) is 6.22. The van der Waals surface area contributed by atoms with Gasteiger partial charge < -0.3 is 4.90 Å². The normalized spacial score (nSPS) is 29.5. The Kier molecular flexibility index (Phi) is 5.64. The molecular formula is C15H29N3O. The van der Waals surface area contributed by atoms with Crippen LogP contribution in [0.1, 0.15) is 51.9 Å². The highest BCUT2D eigenvalue weighted by molar-refractivity contribution is 5.79. The molecule has 0 radical (unpaired) electrons. The van der Waals surface area contributed by atoms with Crippen LogP contribution in [-0.2, 0) is 4.79 Å². The Morgan fingerprint density at radius 1 is 1.11 bits per heavy atom. The molecule has 1 aliphatic heterocycles. The lowest BCUT2D eigenvalue weighted by atomic mass is 9.79. The monoisotopic (exact) mass is 267 g/mol. The molecule has 0 atom stereocenters. The van der Waals surface area contributed by atoms with Crippen molar-refractivity contribution in [3.63, 3.8) is 0 Å². The first-order chi connectivity index (χ1) is 9.20. The van der Waals surface area contributed by atoms with Crippen molar-refractivity contribution in [3.8, 4) is 0 Å². The van der Waals surface area contributed by atoms with Crippen molar-refractivity contribution in [1.29, 1.82) is 0 Å². The predicted molar refractivity (Wildman–Crippen MR) is 77.3 cm³/mol. The second kappa shape index (κ2) is 7.25. The topological polar surface area (TPSA) is 49.6 Å². The van der Waals surface area contributed by atoms with Crippen molar-refractivity contribution in [3.05, 3.63) is 0 Å². The van der Waals surface area contributed by atoms with Gasteiger partial charge in [-0.15, -0.1) is 0 Å². The minimum Gasteiger partial charge on any atom is -0.340 e. The lowest BCUT2D eigenvalue weighted by molar-refractivity contribution is -0.138. The van der Waals surface area contributed by atoms with Crippen molar-refractivity contribution in [2.24, 2.45) is 17.7 Å². The van der Waals surface area contributed by atoms with E-state index in [1.54, 1.807) is 0 Å². The molecule has 4 heteroatoms. The van der Waals surface area contributed by atoms with E-state index in [1.807, 2.05) is 9.91 Å². The van der Waals surface area contributed by atoms with Crippen LogP contribution in [0.25, 0.3) is 0 Å². The van der Waals surface area contributed by atoms with Crippen LogP contribution in [0, 0.1) is 11.8 Å². The van der Waals surface area contributed by atoms with E-state index in [2.05, 4.69) is 6.92 Å². The van der Waals surface area contributed by atoms with Crippen molar-refractivity contribution in [2.45, 2.75) is 51.9 Å². The molecule has 1 saturated heterocycles. The first-order valence-corrected chi connectivity index (χ1v) is 7.99. The molecule has 0 aromatic heterocycles. The maximum absolute atomic E-state index is 12.4. The van der Waals surface area contributed by atoms with E-state index in [-0.39, 0.29) is 0 Å². The zero-order valence-electron chi connectivity index (χ0n) is 12.3. The summed E-state index contributed by atoms with van der Waals surface area (Å²) in [7, 11) is 0. The van der Waals surface area contributed by atoms with Gasteiger partial charge in [0.1, 0.15) is 0 Å². The molecule has 2 N–H and O–H groups in total. The molecule has 0 unspecified atom stereocenters. The van der Waals surface area contributed by atoms with E-state index in [0.29, 0.717) is 11.8 Å². The average Bonchev–Trinajstić information content (AvgIpc) is 2.46. The highest BCUT2D eigenvalue weighted by Gasteiger charge is 2.30. The third-order valence-electron chi connectivity index (χ3n) is 4.79. The van der Waals surface area contributed by atoms with Crippen molar-refractivity contribution < 1.29 is 4.79 Å². The summed E-state index contributed by atoms with van der Waals surface area (Å²) >= 11 is 0. The summed E-state index contributed by atoms with van der Waals surface area (Å²) < 4.78 is 0. The number of carbonyl (C=O) groups is 1. The number of hydrogen-bond acceptors (Lipinski definition) is 3. The molecule has 1 aliphatic carbocycles. The van der Waals surface area contributed by atoms with Gasteiger partial charge in [-0.1, -0.05) is 26.2 Å². The fourth-order valence-electron chi connectivity index (χ4n) is 3.39. The quantitative estimate of drug-likeness (QED) is 0.793. The Labute approximate surface area is 117 Å². The van der Waals surface area contributed by atoms with E-state index < -0.39 is 0 Å². The maximum atomic E-state index is 12.4. The Morgan fingerprint density at radius 2 is 1.74 bits per heavy atom. The molecule has 1 heterocycles. The lowest BCUT2D eigenvalue weighted by Gasteiger charge is -2.36. The van der Waals surface area contributed by atoms with Crippen LogP contribution in [0.2, 0.25) is 0 Å². The summed E-state index contributed by atoms with van der Waals surface area (Å²) in [4.78, 5) is 14.5. The predicted octanol–water partition coefficient (Wildman–Crippen LogP) is 2.00. The SMILES string of the molecule is CCCCC1CCC(C(=O)N2CCN(N)CC2)CC1. The van der Waals surface area contributed by atoms with Crippen LogP contribution in [0.5, 0.6) is 0 Å². The van der Waals surface area contributed by atoms with Crippen molar-refractivity contribution >= 4 is 5.91 Å². The summed E-state index contributed by atoms with van der Waals surface area (Å²) in [5, 5.41) is 1.81. The van der Waals surface area contributed by atoms with E-state index >= 15 is 0 Å². The van der Waals surface area contributed by atoms with Gasteiger partial charge in [0.25, 0.3) is 0 Å². The molecule has 19 heavy (non-hydrogen) atoms. The molecular weight excluding hydrogens is 238 g/mol. The number of carbonyl (C=O) groups excluding carboxylic acids is 1. The van der Waals surface area contributed by atoms with Crippen LogP contribution in [-0.4, -0.2) is 42.0 Å². The van der Waals surface area contributed by atoms with Crippen LogP contribution in [0.15, 0.2) is 0 Å². The molecule has 4 nitrogen and oxygen atoms in total. The van der Waals surface area contributed by atoms with Crippen LogP contribution < -0.4 is 5.84 Å². The minimum atomic E-state index is 0.294. The molecule has 2 aliphatic rings. The van der Waals surface area contributed by atoms with Gasteiger partial charge in [-0.2, -0.15) is 0 Å². The molecule has 0 spiro atoms. The molecule has 1 amide bonds. The molecule has 110 valence electrons. The number of hydrazine groups is 1. The van der Waals surface area contributed by atoms with Gasteiger partial charge in [-0.3, -0.25) is 10.6 Å². The first-order valence-electron chi connectivity index (χ1n) is 7.99. The Morgan fingerprint density at radius 3 is 2.32 bits per heavy atom. The number of nitrogens with zero attached hydrogens (tertiary/aromatic N) is 2. The van der Waals surface area contributed by atoms with Crippen molar-refractivity contribution in [1.82, 2.24) is 9.91 Å². The standard InChI is InChI=1S/C15H29N3O/c1-2-3-4-13-5-7-14(8-6-13)15(19)17-9-11-18(16)12-10-17/h13-14H,2-12,16H2,1H3. The number of unbranched alkanes of at least 4 members (excludes halogenated alkanes) is 1. The summed E-state index contributed by atoms with van der Waals surface area (Å²) in [6.45, 7) is 5.51. The third kappa shape index (κ3) is 4.18. The fraction of sp³-hybridized carbons (Fsp3) is 0.933. The largest absolute Gasteiger partial charge is 0.340 e. The summed E-state index contributed by atoms with van der Waals surface area (Å²) in [5.74, 6) is 7.30. The van der Waals surface area contributed by atoms with E-state index in [4.69, 9.17) is 5.84 Å². The van der Waals surface area contributed by atoms with Gasteiger partial charge in [0.05, 0.1) is 0 Å². The van der Waals surface area contributed by atoms with Gasteiger partial charge in [0.2, 0.25) is 5.91 Å². The minimum absolute atomic E-state index is 0.294. The summed E-state index contributed by atoms with van der Waals surface area (Å²) in [6, 6.07) is 0. The highest BCUT2D eigenvalue weighted by atomic mass is 16.2. The Balaban J connectivity index is 1.73. The van der Waals surface area contributed by atoms with Gasteiger partial charge in [0, 0.05) is 32.1 Å². The van der Waals surface area contributed by atoms with Crippen LogP contribution >= 0.6 is 0 Å². The van der Waals surface area contributed by atoms with Gasteiger partial charge in [0.15, 0.2) is 0 Å². The van der Waals surface area contributed by atoms with Crippen molar-refractivity contribution in [2.75, 3.05) is 26.2 Å². The molecule has 1 saturated carbocycles. The second-order valence-corrected chi connectivity index (χ2v) is 6.22. The Hall–Kier alpha value is -0.610. The van der Waals surface area contributed by atoms with Gasteiger partial charge in [-0.25, -0.2) is 5.01 Å². The fourth-order valence-corrected chi connectivity index (χ4v) is 3.39. The molecule has 0 bridgehead atoms. The van der Waals surface area contributed by atoms with Gasteiger partial charge in [-0.05, 0) is 31.6 Å². The maximum Gasteiger partial charge on any atom is 0.225 e. The number of amides is 1. The third-order valence-corrected chi connectivity index (χ3v) is 4.79. The molecule has 2 fully saturated rings. The Bertz CT molecular complexity index is 279. The first kappa shape index (κ1) is 14.8. The molecule has 2 rings (SSSR count). The van der Waals surface area contributed by atoms with E-state index in [0.717, 1.165) is 44.9 Å². The number of rotatable bonds is 4. The smallest absolute Gasteiger partial charge is 0.225 e. The van der Waals surface area contributed by atoms with Crippen LogP contribution in [0.3, 0.4) is 0 Å². The number of hydrogen-bond donors (Lipinski definition) is 1. The number of nitrogens with two attached hydrogens (primary N) is 1. The zero-order chi connectivity index (χ0) is 13.7. The highest BCUT2D eigenvalue weighted by Crippen LogP contribution is 2.32. The lowest BCUT2D eigenvalue weighted by Crippen LogP contribution is -2.52. The molecule has 0 aromatic rings.